The summed E-state index contributed by atoms with van der Waals surface area (Å²) in [6.07, 6.45) is -1.18. The van der Waals surface area contributed by atoms with Crippen molar-refractivity contribution in [1.29, 1.82) is 0 Å². The lowest BCUT2D eigenvalue weighted by Gasteiger charge is -2.36. The van der Waals surface area contributed by atoms with Gasteiger partial charge in [-0.05, 0) is 18.2 Å². The monoisotopic (exact) mass is 274 g/mol. The zero-order chi connectivity index (χ0) is 13.9. The molecule has 105 valence electrons. The van der Waals surface area contributed by atoms with Gasteiger partial charge >= 0.3 is 6.09 Å². The summed E-state index contributed by atoms with van der Waals surface area (Å²) >= 11 is 0. The maximum Gasteiger partial charge on any atom is 0.408 e. The number of benzene rings is 1. The molecule has 2 aliphatic rings. The summed E-state index contributed by atoms with van der Waals surface area (Å²) in [7, 11) is 0. The number of nitrogens with one attached hydrogen (secondary N) is 1. The van der Waals surface area contributed by atoms with Crippen molar-refractivity contribution in [3.05, 3.63) is 30.3 Å². The zero-order valence-corrected chi connectivity index (χ0v) is 11.0. The number of rotatable bonds is 2. The largest absolute Gasteiger partial charge is 0.434 e. The number of carbonyl (C=O) groups is 2. The standard InChI is InChI=1S/C14H16N3O3/c18-13(12-10-15-14(19)20-12)17-8-6-16(7-9-17)11-4-2-1-3-5-11/h1-2,4-5,12H,6-10H2,(H,15,19). The average Bonchev–Trinajstić information content (AvgIpc) is 2.94. The van der Waals surface area contributed by atoms with E-state index in [0.717, 1.165) is 18.8 Å². The van der Waals surface area contributed by atoms with E-state index in [1.54, 1.807) is 4.90 Å². The second kappa shape index (κ2) is 5.40. The van der Waals surface area contributed by atoms with Crippen LogP contribution in [0.4, 0.5) is 10.5 Å². The van der Waals surface area contributed by atoms with Gasteiger partial charge in [-0.15, -0.1) is 0 Å². The van der Waals surface area contributed by atoms with Crippen molar-refractivity contribution in [3.63, 3.8) is 0 Å². The number of ether oxygens (including phenoxy) is 1. The Morgan fingerprint density at radius 2 is 2.15 bits per heavy atom. The smallest absolute Gasteiger partial charge is 0.408 e. The van der Waals surface area contributed by atoms with E-state index >= 15 is 0 Å². The van der Waals surface area contributed by atoms with Gasteiger partial charge in [0.2, 0.25) is 0 Å². The second-order valence-corrected chi connectivity index (χ2v) is 4.85. The van der Waals surface area contributed by atoms with Crippen LogP contribution in [0.1, 0.15) is 0 Å². The first-order chi connectivity index (χ1) is 9.74. The number of hydrogen-bond acceptors (Lipinski definition) is 4. The topological polar surface area (TPSA) is 61.9 Å². The van der Waals surface area contributed by atoms with Gasteiger partial charge in [0.05, 0.1) is 6.54 Å². The Kier molecular flexibility index (Phi) is 3.45. The van der Waals surface area contributed by atoms with Crippen molar-refractivity contribution < 1.29 is 14.3 Å². The summed E-state index contributed by atoms with van der Waals surface area (Å²) in [5.41, 5.74) is 1.12. The fourth-order valence-electron chi connectivity index (χ4n) is 2.50. The van der Waals surface area contributed by atoms with Crippen LogP contribution in [-0.4, -0.2) is 55.7 Å². The van der Waals surface area contributed by atoms with Gasteiger partial charge in [-0.1, -0.05) is 12.1 Å². The normalized spacial score (nSPS) is 22.4. The van der Waals surface area contributed by atoms with Crippen LogP contribution in [0.15, 0.2) is 24.3 Å². The molecular formula is C14H16N3O3. The Bertz CT molecular complexity index is 498. The van der Waals surface area contributed by atoms with E-state index in [2.05, 4.69) is 16.3 Å². The van der Waals surface area contributed by atoms with E-state index in [1.165, 1.54) is 0 Å². The number of alkyl carbamates (subject to hydrolysis) is 1. The van der Waals surface area contributed by atoms with Crippen molar-refractivity contribution in [1.82, 2.24) is 10.2 Å². The van der Waals surface area contributed by atoms with E-state index < -0.39 is 12.2 Å². The number of anilines is 1. The molecule has 1 aromatic carbocycles. The molecule has 1 unspecified atom stereocenters. The fourth-order valence-corrected chi connectivity index (χ4v) is 2.50. The van der Waals surface area contributed by atoms with Gasteiger partial charge in [0, 0.05) is 31.9 Å². The van der Waals surface area contributed by atoms with Crippen LogP contribution >= 0.6 is 0 Å². The van der Waals surface area contributed by atoms with Crippen LogP contribution in [0.5, 0.6) is 0 Å². The average molecular weight is 274 g/mol. The van der Waals surface area contributed by atoms with Crippen molar-refractivity contribution in [3.8, 4) is 0 Å². The van der Waals surface area contributed by atoms with Gasteiger partial charge in [-0.25, -0.2) is 4.79 Å². The quantitative estimate of drug-likeness (QED) is 0.839. The first-order valence-electron chi connectivity index (χ1n) is 6.68. The van der Waals surface area contributed by atoms with Gasteiger partial charge < -0.3 is 19.9 Å². The van der Waals surface area contributed by atoms with Crippen LogP contribution in [0.2, 0.25) is 0 Å². The predicted octanol–water partition coefficient (Wildman–Crippen LogP) is 0.244. The maximum atomic E-state index is 12.2. The van der Waals surface area contributed by atoms with E-state index in [1.807, 2.05) is 24.3 Å². The Hall–Kier alpha value is -2.24. The predicted molar refractivity (Wildman–Crippen MR) is 72.3 cm³/mol. The Morgan fingerprint density at radius 1 is 1.35 bits per heavy atom. The highest BCUT2D eigenvalue weighted by Crippen LogP contribution is 2.16. The molecule has 1 aromatic rings. The van der Waals surface area contributed by atoms with Crippen LogP contribution in [0.3, 0.4) is 0 Å². The summed E-state index contributed by atoms with van der Waals surface area (Å²) in [5, 5.41) is 2.50. The summed E-state index contributed by atoms with van der Waals surface area (Å²) in [5.74, 6) is -0.109. The molecule has 3 rings (SSSR count). The lowest BCUT2D eigenvalue weighted by molar-refractivity contribution is -0.138. The summed E-state index contributed by atoms with van der Waals surface area (Å²) in [6.45, 7) is 3.10. The van der Waals surface area contributed by atoms with E-state index in [-0.39, 0.29) is 12.5 Å². The van der Waals surface area contributed by atoms with Crippen LogP contribution in [0.25, 0.3) is 0 Å². The molecule has 6 nitrogen and oxygen atoms in total. The molecule has 2 fully saturated rings. The molecule has 0 aliphatic carbocycles. The third-order valence-corrected chi connectivity index (χ3v) is 3.60. The Morgan fingerprint density at radius 3 is 2.75 bits per heavy atom. The number of carbonyl (C=O) groups excluding carboxylic acids is 2. The molecule has 2 aliphatic heterocycles. The minimum absolute atomic E-state index is 0.109. The second-order valence-electron chi connectivity index (χ2n) is 4.85. The van der Waals surface area contributed by atoms with Crippen molar-refractivity contribution in [2.24, 2.45) is 0 Å². The molecule has 0 saturated carbocycles. The molecule has 0 aromatic heterocycles. The molecule has 0 spiro atoms. The van der Waals surface area contributed by atoms with Gasteiger partial charge in [-0.3, -0.25) is 4.79 Å². The van der Waals surface area contributed by atoms with Gasteiger partial charge in [0.25, 0.3) is 5.91 Å². The number of piperazine rings is 1. The third kappa shape index (κ3) is 2.54. The van der Waals surface area contributed by atoms with E-state index in [4.69, 9.17) is 4.74 Å². The zero-order valence-electron chi connectivity index (χ0n) is 11.0. The highest BCUT2D eigenvalue weighted by Gasteiger charge is 2.34. The molecule has 1 atom stereocenters. The molecular weight excluding hydrogens is 258 g/mol. The SMILES string of the molecule is O=C1NCC(C(=O)N2CCN(c3c[c]ccc3)CC2)O1. The number of cyclic esters (lactones) is 1. The highest BCUT2D eigenvalue weighted by atomic mass is 16.6. The highest BCUT2D eigenvalue weighted by molar-refractivity contribution is 5.86. The van der Waals surface area contributed by atoms with Crippen LogP contribution in [-0.2, 0) is 9.53 Å². The Balaban J connectivity index is 1.56. The number of hydrogen-bond donors (Lipinski definition) is 1. The van der Waals surface area contributed by atoms with Crippen LogP contribution < -0.4 is 10.2 Å². The molecule has 1 radical (unpaired) electrons. The Labute approximate surface area is 117 Å². The number of amides is 2. The van der Waals surface area contributed by atoms with Crippen molar-refractivity contribution >= 4 is 17.7 Å². The summed E-state index contributed by atoms with van der Waals surface area (Å²) < 4.78 is 4.93. The van der Waals surface area contributed by atoms with Gasteiger partial charge in [-0.2, -0.15) is 0 Å². The lowest BCUT2D eigenvalue weighted by atomic mass is 10.2. The summed E-state index contributed by atoms with van der Waals surface area (Å²) in [6, 6.07) is 10.9. The van der Waals surface area contributed by atoms with Crippen LogP contribution in [0, 0.1) is 6.07 Å². The fraction of sp³-hybridized carbons (Fsp3) is 0.429. The van der Waals surface area contributed by atoms with Gasteiger partial charge in [0.1, 0.15) is 0 Å². The number of nitrogens with zero attached hydrogens (tertiary/aromatic N) is 2. The lowest BCUT2D eigenvalue weighted by Crippen LogP contribution is -2.52. The third-order valence-electron chi connectivity index (χ3n) is 3.60. The maximum absolute atomic E-state index is 12.2. The first kappa shape index (κ1) is 12.8. The molecule has 2 amide bonds. The molecule has 2 heterocycles. The molecule has 6 heteroatoms. The van der Waals surface area contributed by atoms with Gasteiger partial charge in [0.15, 0.2) is 6.10 Å². The minimum atomic E-state index is -0.667. The van der Waals surface area contributed by atoms with E-state index in [0.29, 0.717) is 13.1 Å². The molecule has 1 N–H and O–H groups in total. The van der Waals surface area contributed by atoms with Crippen molar-refractivity contribution in [2.75, 3.05) is 37.6 Å². The van der Waals surface area contributed by atoms with Crippen molar-refractivity contribution in [2.45, 2.75) is 6.10 Å². The molecule has 2 saturated heterocycles. The summed E-state index contributed by atoms with van der Waals surface area (Å²) in [4.78, 5) is 27.1. The minimum Gasteiger partial charge on any atom is -0.434 e. The molecule has 0 bridgehead atoms. The van der Waals surface area contributed by atoms with E-state index in [9.17, 15) is 9.59 Å². The molecule has 20 heavy (non-hydrogen) atoms. The first-order valence-corrected chi connectivity index (χ1v) is 6.68.